The fourth-order valence-corrected chi connectivity index (χ4v) is 3.13. The van der Waals surface area contributed by atoms with Crippen molar-refractivity contribution in [1.82, 2.24) is 4.72 Å². The summed E-state index contributed by atoms with van der Waals surface area (Å²) in [7, 11) is -2.32. The van der Waals surface area contributed by atoms with Gasteiger partial charge in [0.1, 0.15) is 12.3 Å². The highest BCUT2D eigenvalue weighted by molar-refractivity contribution is 7.89. The Hall–Kier alpha value is -2.91. The Morgan fingerprint density at radius 2 is 1.64 bits per heavy atom. The molecule has 0 saturated carbocycles. The van der Waals surface area contributed by atoms with Gasteiger partial charge in [-0.2, -0.15) is 4.72 Å². The van der Waals surface area contributed by atoms with Gasteiger partial charge in [0, 0.05) is 5.69 Å². The molecule has 0 aliphatic rings. The number of methoxy groups -OCH3 is 1. The van der Waals surface area contributed by atoms with Crippen molar-refractivity contribution >= 4 is 27.6 Å². The highest BCUT2D eigenvalue weighted by Crippen LogP contribution is 2.15. The third-order valence-corrected chi connectivity index (χ3v) is 5.19. The van der Waals surface area contributed by atoms with Crippen molar-refractivity contribution in [1.29, 1.82) is 0 Å². The summed E-state index contributed by atoms with van der Waals surface area (Å²) >= 11 is 0. The SMILES string of the molecule is COc1ccc(NC(=O)C(C)OC(=O)CNS(=O)(=O)c2ccc(C)cc2)cc1. The zero-order chi connectivity index (χ0) is 20.7. The van der Waals surface area contributed by atoms with Gasteiger partial charge in [0.05, 0.1) is 12.0 Å². The number of amides is 1. The number of ether oxygens (including phenoxy) is 2. The molecule has 0 aliphatic heterocycles. The van der Waals surface area contributed by atoms with E-state index >= 15 is 0 Å². The number of carbonyl (C=O) groups is 2. The fraction of sp³-hybridized carbons (Fsp3) is 0.263. The number of aryl methyl sites for hydroxylation is 1. The molecule has 28 heavy (non-hydrogen) atoms. The summed E-state index contributed by atoms with van der Waals surface area (Å²) in [5.74, 6) is -0.772. The summed E-state index contributed by atoms with van der Waals surface area (Å²) in [6.07, 6.45) is -1.10. The van der Waals surface area contributed by atoms with Crippen LogP contribution in [0.1, 0.15) is 12.5 Å². The van der Waals surface area contributed by atoms with E-state index < -0.39 is 34.5 Å². The van der Waals surface area contributed by atoms with Crippen LogP contribution in [0.15, 0.2) is 53.4 Å². The van der Waals surface area contributed by atoms with Crippen LogP contribution in [0.2, 0.25) is 0 Å². The molecule has 1 atom stereocenters. The first-order chi connectivity index (χ1) is 13.2. The Morgan fingerprint density at radius 1 is 1.04 bits per heavy atom. The maximum atomic E-state index is 12.2. The molecule has 1 amide bonds. The second-order valence-electron chi connectivity index (χ2n) is 5.99. The molecule has 0 heterocycles. The van der Waals surface area contributed by atoms with Gasteiger partial charge in [-0.1, -0.05) is 17.7 Å². The third kappa shape index (κ3) is 6.07. The molecule has 9 heteroatoms. The smallest absolute Gasteiger partial charge is 0.321 e. The molecule has 0 fully saturated rings. The van der Waals surface area contributed by atoms with Gasteiger partial charge < -0.3 is 14.8 Å². The largest absolute Gasteiger partial charge is 0.497 e. The van der Waals surface area contributed by atoms with Gasteiger partial charge >= 0.3 is 5.97 Å². The first-order valence-corrected chi connectivity index (χ1v) is 9.90. The molecule has 2 aromatic carbocycles. The van der Waals surface area contributed by atoms with Gasteiger partial charge in [-0.25, -0.2) is 8.42 Å². The molecule has 1 unspecified atom stereocenters. The van der Waals surface area contributed by atoms with Crippen LogP contribution >= 0.6 is 0 Å². The molecule has 0 saturated heterocycles. The van der Waals surface area contributed by atoms with Gasteiger partial charge in [0.25, 0.3) is 5.91 Å². The summed E-state index contributed by atoms with van der Waals surface area (Å²) in [5.41, 5.74) is 1.42. The minimum Gasteiger partial charge on any atom is -0.497 e. The average Bonchev–Trinajstić information content (AvgIpc) is 2.67. The lowest BCUT2D eigenvalue weighted by Crippen LogP contribution is -2.35. The number of nitrogens with one attached hydrogen (secondary N) is 2. The zero-order valence-electron chi connectivity index (χ0n) is 15.8. The minimum absolute atomic E-state index is 0.0381. The number of esters is 1. The van der Waals surface area contributed by atoms with E-state index in [1.807, 2.05) is 6.92 Å². The number of carbonyl (C=O) groups excluding carboxylic acids is 2. The highest BCUT2D eigenvalue weighted by atomic mass is 32.2. The van der Waals surface area contributed by atoms with Crippen LogP contribution in [-0.4, -0.2) is 40.1 Å². The van der Waals surface area contributed by atoms with Crippen molar-refractivity contribution in [2.75, 3.05) is 19.0 Å². The lowest BCUT2D eigenvalue weighted by Gasteiger charge is -2.14. The number of hydrogen-bond donors (Lipinski definition) is 2. The molecule has 2 aromatic rings. The molecule has 0 radical (unpaired) electrons. The molecule has 2 rings (SSSR count). The van der Waals surface area contributed by atoms with Crippen LogP contribution in [0.4, 0.5) is 5.69 Å². The second kappa shape index (κ2) is 9.34. The van der Waals surface area contributed by atoms with Gasteiger partial charge in [0.15, 0.2) is 6.10 Å². The zero-order valence-corrected chi connectivity index (χ0v) is 16.6. The Balaban J connectivity index is 1.85. The van der Waals surface area contributed by atoms with Crippen molar-refractivity contribution in [3.63, 3.8) is 0 Å². The monoisotopic (exact) mass is 406 g/mol. The van der Waals surface area contributed by atoms with Crippen LogP contribution in [0.25, 0.3) is 0 Å². The van der Waals surface area contributed by atoms with Gasteiger partial charge in [-0.15, -0.1) is 0 Å². The standard InChI is InChI=1S/C19H22N2O6S/c1-13-4-10-17(11-5-13)28(24,25)20-12-18(22)27-14(2)19(23)21-15-6-8-16(26-3)9-7-15/h4-11,14,20H,12H2,1-3H3,(H,21,23). The van der Waals surface area contributed by atoms with Gasteiger partial charge in [-0.05, 0) is 50.2 Å². The summed E-state index contributed by atoms with van der Waals surface area (Å²) < 4.78 is 36.5. The Morgan fingerprint density at radius 3 is 2.21 bits per heavy atom. The van der Waals surface area contributed by atoms with Crippen LogP contribution in [0.3, 0.4) is 0 Å². The topological polar surface area (TPSA) is 111 Å². The summed E-state index contributed by atoms with van der Waals surface area (Å²) in [5, 5.41) is 2.59. The predicted molar refractivity (Wildman–Crippen MR) is 104 cm³/mol. The Labute approximate surface area is 163 Å². The van der Waals surface area contributed by atoms with E-state index in [1.54, 1.807) is 36.4 Å². The number of benzene rings is 2. The van der Waals surface area contributed by atoms with E-state index in [9.17, 15) is 18.0 Å². The van der Waals surface area contributed by atoms with E-state index in [-0.39, 0.29) is 4.90 Å². The van der Waals surface area contributed by atoms with Crippen LogP contribution in [0.5, 0.6) is 5.75 Å². The Bertz CT molecular complexity index is 924. The summed E-state index contributed by atoms with van der Waals surface area (Å²) in [6, 6.07) is 12.8. The summed E-state index contributed by atoms with van der Waals surface area (Å²) in [6.45, 7) is 2.64. The molecule has 0 spiro atoms. The molecule has 0 aliphatic carbocycles. The third-order valence-electron chi connectivity index (χ3n) is 3.77. The number of hydrogen-bond acceptors (Lipinski definition) is 6. The molecular formula is C19H22N2O6S. The van der Waals surface area contributed by atoms with Gasteiger partial charge in [-0.3, -0.25) is 9.59 Å². The maximum absolute atomic E-state index is 12.2. The van der Waals surface area contributed by atoms with Gasteiger partial charge in [0.2, 0.25) is 10.0 Å². The highest BCUT2D eigenvalue weighted by Gasteiger charge is 2.20. The molecule has 0 aromatic heterocycles. The normalized spacial score (nSPS) is 12.1. The average molecular weight is 406 g/mol. The van der Waals surface area contributed by atoms with E-state index in [1.165, 1.54) is 26.2 Å². The van der Waals surface area contributed by atoms with E-state index in [0.29, 0.717) is 11.4 Å². The molecule has 0 bridgehead atoms. The number of rotatable bonds is 8. The van der Waals surface area contributed by atoms with Crippen LogP contribution in [0, 0.1) is 6.92 Å². The van der Waals surface area contributed by atoms with Crippen LogP contribution in [-0.2, 0) is 24.3 Å². The van der Waals surface area contributed by atoms with E-state index in [4.69, 9.17) is 9.47 Å². The lowest BCUT2D eigenvalue weighted by atomic mass is 10.2. The maximum Gasteiger partial charge on any atom is 0.321 e. The summed E-state index contributed by atoms with van der Waals surface area (Å²) in [4.78, 5) is 24.0. The second-order valence-corrected chi connectivity index (χ2v) is 7.75. The first kappa shape index (κ1) is 21.4. The van der Waals surface area contributed by atoms with Crippen molar-refractivity contribution in [3.05, 3.63) is 54.1 Å². The van der Waals surface area contributed by atoms with Crippen molar-refractivity contribution in [2.24, 2.45) is 0 Å². The predicted octanol–water partition coefficient (Wildman–Crippen LogP) is 1.85. The molecular weight excluding hydrogens is 384 g/mol. The van der Waals surface area contributed by atoms with Crippen LogP contribution < -0.4 is 14.8 Å². The van der Waals surface area contributed by atoms with Crippen molar-refractivity contribution < 1.29 is 27.5 Å². The molecule has 150 valence electrons. The van der Waals surface area contributed by atoms with E-state index in [0.717, 1.165) is 5.56 Å². The number of sulfonamides is 1. The molecule has 8 nitrogen and oxygen atoms in total. The number of anilines is 1. The van der Waals surface area contributed by atoms with Crippen molar-refractivity contribution in [2.45, 2.75) is 24.8 Å². The molecule has 2 N–H and O–H groups in total. The minimum atomic E-state index is -3.85. The fourth-order valence-electron chi connectivity index (χ4n) is 2.17. The van der Waals surface area contributed by atoms with Crippen molar-refractivity contribution in [3.8, 4) is 5.75 Å². The van der Waals surface area contributed by atoms with E-state index in [2.05, 4.69) is 10.0 Å². The quantitative estimate of drug-likeness (QED) is 0.648. The first-order valence-electron chi connectivity index (χ1n) is 8.42. The lowest BCUT2D eigenvalue weighted by molar-refractivity contribution is -0.151. The Kier molecular flexibility index (Phi) is 7.13.